The highest BCUT2D eigenvalue weighted by atomic mass is 32.3. The van der Waals surface area contributed by atoms with Gasteiger partial charge in [-0.25, -0.2) is 34.8 Å². The second-order valence-corrected chi connectivity index (χ2v) is 17.2. The van der Waals surface area contributed by atoms with E-state index >= 15 is 0 Å². The highest BCUT2D eigenvalue weighted by Gasteiger charge is 2.24. The van der Waals surface area contributed by atoms with Crippen molar-refractivity contribution in [3.63, 3.8) is 0 Å². The third-order valence-electron chi connectivity index (χ3n) is 7.22. The van der Waals surface area contributed by atoms with Crippen LogP contribution in [0.2, 0.25) is 0 Å². The lowest BCUT2D eigenvalue weighted by Gasteiger charge is -2.15. The van der Waals surface area contributed by atoms with E-state index in [1.807, 2.05) is 0 Å². The number of carbonyl (C=O) groups is 1. The monoisotopic (exact) mass is 775 g/mol. The molecule has 0 saturated carbocycles. The summed E-state index contributed by atoms with van der Waals surface area (Å²) in [6.45, 7) is 1.09. The van der Waals surface area contributed by atoms with Crippen LogP contribution in [-0.4, -0.2) is 99.6 Å². The van der Waals surface area contributed by atoms with Gasteiger partial charge in [0.15, 0.2) is 21.2 Å². The van der Waals surface area contributed by atoms with E-state index in [0.29, 0.717) is 15.6 Å². The maximum atomic E-state index is 13.2. The van der Waals surface area contributed by atoms with Crippen LogP contribution < -0.4 is 5.56 Å². The highest BCUT2D eigenvalue weighted by molar-refractivity contribution is 7.91. The van der Waals surface area contributed by atoms with Crippen molar-refractivity contribution in [1.29, 1.82) is 0 Å². The lowest BCUT2D eigenvalue weighted by atomic mass is 10.0. The van der Waals surface area contributed by atoms with Crippen molar-refractivity contribution in [2.24, 2.45) is 10.2 Å². The molecule has 0 unspecified atom stereocenters. The Balaban J connectivity index is 1.69. The lowest BCUT2D eigenvalue weighted by molar-refractivity contribution is 0.0690. The van der Waals surface area contributed by atoms with Gasteiger partial charge in [0, 0.05) is 19.0 Å². The number of H-pyrrole nitrogens is 1. The van der Waals surface area contributed by atoms with E-state index in [9.17, 15) is 52.9 Å². The van der Waals surface area contributed by atoms with Gasteiger partial charge in [0.25, 0.3) is 15.7 Å². The quantitative estimate of drug-likeness (QED) is 0.0994. The summed E-state index contributed by atoms with van der Waals surface area (Å²) in [4.78, 5) is 24.2. The fraction of sp³-hybridized carbons (Fsp3) is 0.259. The number of hydrogen-bond acceptors (Lipinski definition) is 13. The molecule has 0 saturated heterocycles. The summed E-state index contributed by atoms with van der Waals surface area (Å²) in [5.74, 6) is -2.70. The van der Waals surface area contributed by atoms with Gasteiger partial charge in [-0.2, -0.15) is 16.8 Å². The first-order chi connectivity index (χ1) is 23.1. The van der Waals surface area contributed by atoms with E-state index in [0.717, 1.165) is 30.3 Å². The number of aromatic nitrogens is 2. The van der Waals surface area contributed by atoms with Crippen LogP contribution in [-0.2, 0) is 51.0 Å². The molecule has 0 aliphatic carbocycles. The molecule has 270 valence electrons. The molecule has 19 nitrogen and oxygen atoms in total. The van der Waals surface area contributed by atoms with Gasteiger partial charge in [-0.3, -0.25) is 19.0 Å². The Hall–Kier alpha value is -4.36. The van der Waals surface area contributed by atoms with Crippen molar-refractivity contribution in [2.45, 2.75) is 23.1 Å². The van der Waals surface area contributed by atoms with Gasteiger partial charge >= 0.3 is 16.4 Å². The van der Waals surface area contributed by atoms with E-state index in [2.05, 4.69) is 19.5 Å². The van der Waals surface area contributed by atoms with Crippen molar-refractivity contribution in [3.8, 4) is 5.69 Å². The first kappa shape index (κ1) is 38.4. The van der Waals surface area contributed by atoms with Crippen molar-refractivity contribution >= 4 is 68.5 Å². The van der Waals surface area contributed by atoms with Crippen LogP contribution in [0.4, 0.5) is 11.4 Å². The minimum atomic E-state index is -4.99. The number of sulfone groups is 1. The number of azo groups is 1. The van der Waals surface area contributed by atoms with Gasteiger partial charge < -0.3 is 5.11 Å². The third-order valence-corrected chi connectivity index (χ3v) is 12.2. The molecule has 0 spiro atoms. The third kappa shape index (κ3) is 8.86. The molecule has 1 aromatic heterocycles. The predicted octanol–water partition coefficient (Wildman–Crippen LogP) is 2.10. The second kappa shape index (κ2) is 14.5. The number of fused-ring (bicyclic) bond motifs is 1. The van der Waals surface area contributed by atoms with E-state index in [-0.39, 0.29) is 34.7 Å². The number of carboxylic acid groups (broad SMARTS) is 1. The van der Waals surface area contributed by atoms with Gasteiger partial charge in [-0.15, -0.1) is 10.2 Å². The number of rotatable bonds is 15. The number of sulfonamides is 1. The molecule has 0 fully saturated rings. The van der Waals surface area contributed by atoms with Gasteiger partial charge in [-0.1, -0.05) is 31.2 Å². The Labute approximate surface area is 285 Å². The number of nitrogens with one attached hydrogen (secondary N) is 1. The summed E-state index contributed by atoms with van der Waals surface area (Å²) in [5, 5.41) is 19.7. The molecule has 0 bridgehead atoms. The van der Waals surface area contributed by atoms with Crippen LogP contribution in [0.15, 0.2) is 79.4 Å². The topological polar surface area (TPSA) is 289 Å². The first-order valence-electron chi connectivity index (χ1n) is 14.1. The molecule has 4 rings (SSSR count). The molecule has 3 aromatic carbocycles. The lowest BCUT2D eigenvalue weighted by Crippen LogP contribution is -2.29. The Morgan fingerprint density at radius 1 is 0.920 bits per heavy atom. The Morgan fingerprint density at radius 2 is 1.58 bits per heavy atom. The minimum Gasteiger partial charge on any atom is -0.476 e. The molecule has 0 aliphatic rings. The highest BCUT2D eigenvalue weighted by Crippen LogP contribution is 2.34. The van der Waals surface area contributed by atoms with E-state index in [1.54, 1.807) is 6.92 Å². The molecule has 50 heavy (non-hydrogen) atoms. The smallest absolute Gasteiger partial charge is 0.397 e. The maximum Gasteiger partial charge on any atom is 0.397 e. The largest absolute Gasteiger partial charge is 0.476 e. The zero-order chi connectivity index (χ0) is 37.2. The van der Waals surface area contributed by atoms with Gasteiger partial charge in [0.1, 0.15) is 10.6 Å². The number of nitrogens with zero attached hydrogens (tertiary/aromatic N) is 4. The molecule has 23 heteroatoms. The Kier molecular flexibility index (Phi) is 11.1. The zero-order valence-corrected chi connectivity index (χ0v) is 29.3. The average molecular weight is 776 g/mol. The average Bonchev–Trinajstić information content (AvgIpc) is 3.36. The van der Waals surface area contributed by atoms with Gasteiger partial charge in [-0.05, 0) is 47.7 Å². The van der Waals surface area contributed by atoms with Crippen LogP contribution in [0.25, 0.3) is 16.5 Å². The normalized spacial score (nSPS) is 13.1. The molecule has 0 aliphatic heterocycles. The molecule has 0 amide bonds. The predicted molar refractivity (Wildman–Crippen MR) is 177 cm³/mol. The van der Waals surface area contributed by atoms with Crippen molar-refractivity contribution in [1.82, 2.24) is 14.1 Å². The summed E-state index contributed by atoms with van der Waals surface area (Å²) >= 11 is 0. The van der Waals surface area contributed by atoms with Crippen molar-refractivity contribution < 1.29 is 56.9 Å². The number of aromatic carboxylic acids is 1. The number of aromatic amines is 1. The van der Waals surface area contributed by atoms with E-state index in [4.69, 9.17) is 4.55 Å². The molecule has 0 atom stereocenters. The summed E-state index contributed by atoms with van der Waals surface area (Å²) < 4.78 is 121. The fourth-order valence-corrected chi connectivity index (χ4v) is 8.09. The zero-order valence-electron chi connectivity index (χ0n) is 26.0. The number of aryl methyl sites for hydroxylation is 1. The molecular weight excluding hydrogens is 747 g/mol. The fourth-order valence-electron chi connectivity index (χ4n) is 4.57. The van der Waals surface area contributed by atoms with Crippen LogP contribution in [0.3, 0.4) is 0 Å². The van der Waals surface area contributed by atoms with Gasteiger partial charge in [0.05, 0.1) is 28.7 Å². The molecule has 1 heterocycles. The number of carboxylic acids is 1. The van der Waals surface area contributed by atoms with Crippen molar-refractivity contribution in [2.75, 3.05) is 31.7 Å². The SMILES string of the molecule is CCN(C)S(=O)(=O)CCc1ccc2c(S(=O)(=O)O)c(N=Nc3c(C(=O)O)[nH]n(-c4ccc(S(=O)(=O)CCOS(=O)(=O)O)cc4)c3=O)ccc2c1. The summed E-state index contributed by atoms with van der Waals surface area (Å²) in [5.41, 5.74) is -2.63. The van der Waals surface area contributed by atoms with Gasteiger partial charge in [0.2, 0.25) is 10.0 Å². The molecular formula is C27H29N5O14S4. The number of benzene rings is 3. The summed E-state index contributed by atoms with van der Waals surface area (Å²) in [6, 6.07) is 11.2. The Bertz CT molecular complexity index is 2490. The standard InChI is InChI=1S/C27H29N5O14S4/c1-3-31(2)48(38,39)14-12-17-4-10-21-18(16-17)5-11-22(25(21)49(40,41)42)28-29-23-24(27(34)35)30-32(26(23)33)19-6-8-20(9-7-19)47(36,37)15-13-46-50(43,44)45/h4-11,16,30H,3,12-15H2,1-2H3,(H,34,35)(H,40,41,42)(H,43,44,45). The summed E-state index contributed by atoms with van der Waals surface area (Å²) in [7, 11) is -16.1. The summed E-state index contributed by atoms with van der Waals surface area (Å²) in [6.07, 6.45) is 0.105. The first-order valence-corrected chi connectivity index (χ1v) is 20.1. The molecule has 4 N–H and O–H groups in total. The Morgan fingerprint density at radius 3 is 2.16 bits per heavy atom. The minimum absolute atomic E-state index is 0.0224. The van der Waals surface area contributed by atoms with Crippen LogP contribution in [0.1, 0.15) is 23.0 Å². The number of hydrogen-bond donors (Lipinski definition) is 4. The van der Waals surface area contributed by atoms with Crippen LogP contribution in [0, 0.1) is 0 Å². The van der Waals surface area contributed by atoms with Crippen LogP contribution >= 0.6 is 0 Å². The second-order valence-electron chi connectivity index (χ2n) is 10.5. The molecule has 4 aromatic rings. The van der Waals surface area contributed by atoms with E-state index in [1.165, 1.54) is 35.6 Å². The van der Waals surface area contributed by atoms with Crippen LogP contribution in [0.5, 0.6) is 0 Å². The molecule has 0 radical (unpaired) electrons. The van der Waals surface area contributed by atoms with Crippen molar-refractivity contribution in [3.05, 3.63) is 76.2 Å². The van der Waals surface area contributed by atoms with E-state index < -0.39 is 86.2 Å². The maximum absolute atomic E-state index is 13.2.